The van der Waals surface area contributed by atoms with Crippen LogP contribution in [0, 0.1) is 0 Å². The predicted octanol–water partition coefficient (Wildman–Crippen LogP) is 6.29. The molecule has 2 aliphatic rings. The lowest BCUT2D eigenvalue weighted by molar-refractivity contribution is 0.0977. The minimum atomic E-state index is -0.136. The van der Waals surface area contributed by atoms with Crippen LogP contribution in [0.5, 0.6) is 5.75 Å². The van der Waals surface area contributed by atoms with E-state index in [1.165, 1.54) is 11.8 Å². The standard InChI is InChI=1S/C29H21NO3S/c31-24-13-7-6-10-18(24)21-16-23(21)30-22-14-15-25(34-17-8-2-1-3-9-17)27-26(22)28(32)19-11-4-5-12-20(19)29(27)33/h1-15,21,23,30-31H,16H2. The molecule has 0 saturated heterocycles. The van der Waals surface area contributed by atoms with Gasteiger partial charge in [-0.2, -0.15) is 0 Å². The van der Waals surface area contributed by atoms with Crippen molar-refractivity contribution < 1.29 is 14.7 Å². The highest BCUT2D eigenvalue weighted by Gasteiger charge is 2.41. The number of anilines is 1. The minimum Gasteiger partial charge on any atom is -0.508 e. The number of benzene rings is 4. The lowest BCUT2D eigenvalue weighted by atomic mass is 9.83. The number of aromatic hydroxyl groups is 1. The zero-order valence-electron chi connectivity index (χ0n) is 18.2. The first-order valence-corrected chi connectivity index (χ1v) is 12.1. The predicted molar refractivity (Wildman–Crippen MR) is 133 cm³/mol. The van der Waals surface area contributed by atoms with E-state index < -0.39 is 0 Å². The van der Waals surface area contributed by atoms with E-state index in [0.717, 1.165) is 21.8 Å². The lowest BCUT2D eigenvalue weighted by Crippen LogP contribution is -2.24. The maximum Gasteiger partial charge on any atom is 0.196 e. The van der Waals surface area contributed by atoms with Crippen LogP contribution in [-0.4, -0.2) is 22.7 Å². The van der Waals surface area contributed by atoms with Gasteiger partial charge < -0.3 is 10.4 Å². The van der Waals surface area contributed by atoms with Crippen LogP contribution in [-0.2, 0) is 0 Å². The summed E-state index contributed by atoms with van der Waals surface area (Å²) < 4.78 is 0. The summed E-state index contributed by atoms with van der Waals surface area (Å²) in [6.45, 7) is 0. The van der Waals surface area contributed by atoms with Gasteiger partial charge in [-0.15, -0.1) is 0 Å². The van der Waals surface area contributed by atoms with Crippen molar-refractivity contribution >= 4 is 29.0 Å². The molecule has 0 spiro atoms. The first-order valence-electron chi connectivity index (χ1n) is 11.2. The molecule has 4 aromatic rings. The Balaban J connectivity index is 1.41. The van der Waals surface area contributed by atoms with Gasteiger partial charge >= 0.3 is 0 Å². The normalized spacial score (nSPS) is 18.2. The Kier molecular flexibility index (Phi) is 5.00. The van der Waals surface area contributed by atoms with E-state index in [9.17, 15) is 14.7 Å². The fourth-order valence-corrected chi connectivity index (χ4v) is 5.69. The van der Waals surface area contributed by atoms with Gasteiger partial charge in [0.25, 0.3) is 0 Å². The third kappa shape index (κ3) is 3.49. The van der Waals surface area contributed by atoms with Crippen LogP contribution in [0.3, 0.4) is 0 Å². The summed E-state index contributed by atoms with van der Waals surface area (Å²) in [6.07, 6.45) is 0.853. The highest BCUT2D eigenvalue weighted by molar-refractivity contribution is 7.99. The number of ketones is 2. The smallest absolute Gasteiger partial charge is 0.196 e. The highest BCUT2D eigenvalue weighted by atomic mass is 32.2. The zero-order valence-corrected chi connectivity index (χ0v) is 19.0. The van der Waals surface area contributed by atoms with Crippen molar-refractivity contribution in [2.75, 3.05) is 5.32 Å². The van der Waals surface area contributed by atoms with E-state index in [2.05, 4.69) is 5.32 Å². The van der Waals surface area contributed by atoms with E-state index in [1.807, 2.05) is 60.7 Å². The Hall–Kier alpha value is -3.83. The Morgan fingerprint density at radius 3 is 2.12 bits per heavy atom. The van der Waals surface area contributed by atoms with E-state index in [-0.39, 0.29) is 29.3 Å². The van der Waals surface area contributed by atoms with Crippen molar-refractivity contribution in [2.24, 2.45) is 0 Å². The molecule has 4 aromatic carbocycles. The number of nitrogens with one attached hydrogen (secondary N) is 1. The maximum absolute atomic E-state index is 13.6. The van der Waals surface area contributed by atoms with Crippen LogP contribution in [0.15, 0.2) is 101 Å². The summed E-state index contributed by atoms with van der Waals surface area (Å²) in [5.74, 6) is 0.189. The molecule has 0 radical (unpaired) electrons. The topological polar surface area (TPSA) is 66.4 Å². The molecule has 0 aliphatic heterocycles. The number of hydrogen-bond donors (Lipinski definition) is 2. The quantitative estimate of drug-likeness (QED) is 0.321. The third-order valence-electron chi connectivity index (χ3n) is 6.48. The lowest BCUT2D eigenvalue weighted by Gasteiger charge is -2.23. The van der Waals surface area contributed by atoms with E-state index >= 15 is 0 Å². The third-order valence-corrected chi connectivity index (χ3v) is 7.54. The Bertz CT molecular complexity index is 1450. The first kappa shape index (κ1) is 20.8. The van der Waals surface area contributed by atoms with Gasteiger partial charge in [-0.25, -0.2) is 0 Å². The van der Waals surface area contributed by atoms with Gasteiger partial charge in [0.15, 0.2) is 11.6 Å². The number of hydrogen-bond acceptors (Lipinski definition) is 5. The summed E-state index contributed by atoms with van der Waals surface area (Å²) in [6, 6.07) is 28.2. The molecule has 2 aliphatic carbocycles. The fourth-order valence-electron chi connectivity index (χ4n) is 4.71. The molecule has 5 heteroatoms. The van der Waals surface area contributed by atoms with Crippen molar-refractivity contribution in [3.05, 3.63) is 119 Å². The summed E-state index contributed by atoms with van der Waals surface area (Å²) >= 11 is 1.49. The summed E-state index contributed by atoms with van der Waals surface area (Å²) in [4.78, 5) is 29.0. The van der Waals surface area contributed by atoms with E-state index in [0.29, 0.717) is 27.9 Å². The zero-order chi connectivity index (χ0) is 23.2. The van der Waals surface area contributed by atoms with Gasteiger partial charge in [-0.05, 0) is 42.3 Å². The second kappa shape index (κ2) is 8.19. The Morgan fingerprint density at radius 1 is 0.735 bits per heavy atom. The second-order valence-electron chi connectivity index (χ2n) is 8.63. The molecule has 1 fully saturated rings. The van der Waals surface area contributed by atoms with Gasteiger partial charge in [0, 0.05) is 44.1 Å². The van der Waals surface area contributed by atoms with Crippen LogP contribution in [0.2, 0.25) is 0 Å². The van der Waals surface area contributed by atoms with E-state index in [1.54, 1.807) is 30.3 Å². The number of carbonyl (C=O) groups excluding carboxylic acids is 2. The molecule has 2 atom stereocenters. The molecule has 1 saturated carbocycles. The summed E-state index contributed by atoms with van der Waals surface area (Å²) in [7, 11) is 0. The van der Waals surface area contributed by atoms with Crippen molar-refractivity contribution in [3.63, 3.8) is 0 Å². The van der Waals surface area contributed by atoms with Crippen LogP contribution < -0.4 is 5.32 Å². The molecule has 2 N–H and O–H groups in total. The van der Waals surface area contributed by atoms with Crippen molar-refractivity contribution in [2.45, 2.75) is 28.2 Å². The average molecular weight is 464 g/mol. The van der Waals surface area contributed by atoms with Crippen LogP contribution in [0.25, 0.3) is 0 Å². The van der Waals surface area contributed by atoms with Crippen LogP contribution in [0.4, 0.5) is 5.69 Å². The van der Waals surface area contributed by atoms with Crippen LogP contribution >= 0.6 is 11.8 Å². The summed E-state index contributed by atoms with van der Waals surface area (Å²) in [5, 5.41) is 13.7. The van der Waals surface area contributed by atoms with Gasteiger partial charge in [-0.3, -0.25) is 9.59 Å². The molecule has 0 amide bonds. The molecule has 0 heterocycles. The minimum absolute atomic E-state index is 0.0881. The Labute approximate surface area is 201 Å². The van der Waals surface area contributed by atoms with Gasteiger partial charge in [0.2, 0.25) is 0 Å². The molecule has 0 bridgehead atoms. The van der Waals surface area contributed by atoms with Crippen molar-refractivity contribution in [3.8, 4) is 5.75 Å². The first-order chi connectivity index (χ1) is 16.6. The number of phenolic OH excluding ortho intramolecular Hbond substituents is 1. The molecule has 2 unspecified atom stereocenters. The largest absolute Gasteiger partial charge is 0.508 e. The van der Waals surface area contributed by atoms with Crippen LogP contribution in [0.1, 0.15) is 49.7 Å². The molecular weight excluding hydrogens is 442 g/mol. The fraction of sp³-hybridized carbons (Fsp3) is 0.103. The van der Waals surface area contributed by atoms with Gasteiger partial charge in [0.1, 0.15) is 5.75 Å². The van der Waals surface area contributed by atoms with Gasteiger partial charge in [-0.1, -0.05) is 72.4 Å². The number of phenols is 1. The highest BCUT2D eigenvalue weighted by Crippen LogP contribution is 2.47. The molecule has 6 rings (SSSR count). The molecule has 34 heavy (non-hydrogen) atoms. The Morgan fingerprint density at radius 2 is 1.38 bits per heavy atom. The maximum atomic E-state index is 13.6. The molecule has 166 valence electrons. The number of fused-ring (bicyclic) bond motifs is 2. The van der Waals surface area contributed by atoms with E-state index in [4.69, 9.17) is 0 Å². The van der Waals surface area contributed by atoms with Crippen molar-refractivity contribution in [1.29, 1.82) is 0 Å². The number of rotatable bonds is 5. The average Bonchev–Trinajstić information content (AvgIpc) is 3.63. The molecular formula is C29H21NO3S. The second-order valence-corrected chi connectivity index (χ2v) is 9.75. The number of carbonyl (C=O) groups is 2. The summed E-state index contributed by atoms with van der Waals surface area (Å²) in [5.41, 5.74) is 3.36. The molecule has 4 nitrogen and oxygen atoms in total. The SMILES string of the molecule is O=C1c2ccccc2C(=O)c2c(Sc3ccccc3)ccc(NC3CC3c3ccccc3O)c21. The van der Waals surface area contributed by atoms with Gasteiger partial charge in [0.05, 0.1) is 5.56 Å². The monoisotopic (exact) mass is 463 g/mol. The van der Waals surface area contributed by atoms with Crippen molar-refractivity contribution in [1.82, 2.24) is 0 Å². The molecule has 0 aromatic heterocycles. The number of para-hydroxylation sites is 1.